The number of nitrogens with zero attached hydrogens (tertiary/aromatic N) is 3. The summed E-state index contributed by atoms with van der Waals surface area (Å²) in [6.45, 7) is 0. The first kappa shape index (κ1) is 18.7. The van der Waals surface area contributed by atoms with Gasteiger partial charge in [0.05, 0.1) is 31.0 Å². The van der Waals surface area contributed by atoms with Crippen molar-refractivity contribution in [1.29, 1.82) is 5.26 Å². The molecule has 2 N–H and O–H groups in total. The van der Waals surface area contributed by atoms with E-state index < -0.39 is 0 Å². The number of nitrogens with one attached hydrogen (secondary N) is 2. The van der Waals surface area contributed by atoms with Gasteiger partial charge in [-0.15, -0.1) is 0 Å². The van der Waals surface area contributed by atoms with Crippen molar-refractivity contribution in [3.8, 4) is 17.6 Å². The molecule has 8 heteroatoms. The fourth-order valence-electron chi connectivity index (χ4n) is 2.44. The average Bonchev–Trinajstić information content (AvgIpc) is 2.74. The van der Waals surface area contributed by atoms with Crippen LogP contribution >= 0.6 is 0 Å². The summed E-state index contributed by atoms with van der Waals surface area (Å²) < 4.78 is 10.4. The lowest BCUT2D eigenvalue weighted by Gasteiger charge is -2.11. The van der Waals surface area contributed by atoms with Crippen molar-refractivity contribution < 1.29 is 14.3 Å². The number of nitriles is 1. The first-order valence-corrected chi connectivity index (χ1v) is 8.26. The summed E-state index contributed by atoms with van der Waals surface area (Å²) in [7, 11) is 3.06. The standard InChI is InChI=1S/C20H17N5O3/c1-27-17-8-7-15(9-18(17)28-2)24-19(26)14-11-22-20(23-12-14)25-16-6-4-3-5-13(16)10-21/h3-9,11-12H,1-2H3,(H,24,26)(H,22,23,25). The van der Waals surface area contributed by atoms with Crippen LogP contribution in [0, 0.1) is 11.3 Å². The number of anilines is 3. The van der Waals surface area contributed by atoms with Gasteiger partial charge in [0.25, 0.3) is 5.91 Å². The number of hydrogen-bond donors (Lipinski definition) is 2. The number of hydrogen-bond acceptors (Lipinski definition) is 7. The fraction of sp³-hybridized carbons (Fsp3) is 0.100. The van der Waals surface area contributed by atoms with Gasteiger partial charge < -0.3 is 20.1 Å². The van der Waals surface area contributed by atoms with Gasteiger partial charge in [0, 0.05) is 24.1 Å². The largest absolute Gasteiger partial charge is 0.493 e. The highest BCUT2D eigenvalue weighted by molar-refractivity contribution is 6.04. The molecule has 0 spiro atoms. The normalized spacial score (nSPS) is 9.89. The minimum Gasteiger partial charge on any atom is -0.493 e. The molecule has 0 aliphatic rings. The van der Waals surface area contributed by atoms with Crippen LogP contribution in [-0.4, -0.2) is 30.1 Å². The number of carbonyl (C=O) groups excluding carboxylic acids is 1. The van der Waals surface area contributed by atoms with Gasteiger partial charge in [0.2, 0.25) is 5.95 Å². The number of para-hydroxylation sites is 1. The lowest BCUT2D eigenvalue weighted by atomic mass is 10.2. The Morgan fingerprint density at radius 2 is 1.75 bits per heavy atom. The van der Waals surface area contributed by atoms with Crippen LogP contribution < -0.4 is 20.1 Å². The smallest absolute Gasteiger partial charge is 0.258 e. The highest BCUT2D eigenvalue weighted by Gasteiger charge is 2.11. The zero-order valence-corrected chi connectivity index (χ0v) is 15.3. The Kier molecular flexibility index (Phi) is 5.67. The summed E-state index contributed by atoms with van der Waals surface area (Å²) in [5.74, 6) is 0.991. The molecule has 0 saturated carbocycles. The molecular weight excluding hydrogens is 358 g/mol. The molecule has 0 aliphatic heterocycles. The van der Waals surface area contributed by atoms with E-state index in [0.717, 1.165) is 0 Å². The van der Waals surface area contributed by atoms with Crippen LogP contribution in [0.25, 0.3) is 0 Å². The van der Waals surface area contributed by atoms with Crippen LogP contribution in [0.15, 0.2) is 54.9 Å². The van der Waals surface area contributed by atoms with Crippen LogP contribution in [-0.2, 0) is 0 Å². The van der Waals surface area contributed by atoms with Gasteiger partial charge in [-0.3, -0.25) is 4.79 Å². The van der Waals surface area contributed by atoms with Crippen LogP contribution in [0.2, 0.25) is 0 Å². The van der Waals surface area contributed by atoms with E-state index in [2.05, 4.69) is 26.7 Å². The summed E-state index contributed by atoms with van der Waals surface area (Å²) in [4.78, 5) is 20.7. The van der Waals surface area contributed by atoms with Crippen molar-refractivity contribution in [3.05, 3.63) is 66.0 Å². The first-order chi connectivity index (χ1) is 13.6. The van der Waals surface area contributed by atoms with Gasteiger partial charge in [-0.1, -0.05) is 12.1 Å². The molecule has 1 heterocycles. The van der Waals surface area contributed by atoms with Crippen molar-refractivity contribution in [2.24, 2.45) is 0 Å². The molecule has 0 bridgehead atoms. The third-order valence-electron chi connectivity index (χ3n) is 3.85. The minimum absolute atomic E-state index is 0.283. The molecule has 0 radical (unpaired) electrons. The van der Waals surface area contributed by atoms with Crippen molar-refractivity contribution in [2.75, 3.05) is 24.9 Å². The Balaban J connectivity index is 1.71. The first-order valence-electron chi connectivity index (χ1n) is 8.26. The maximum absolute atomic E-state index is 12.4. The summed E-state index contributed by atoms with van der Waals surface area (Å²) in [5, 5.41) is 14.8. The predicted molar refractivity (Wildman–Crippen MR) is 104 cm³/mol. The lowest BCUT2D eigenvalue weighted by molar-refractivity contribution is 0.102. The second-order valence-electron chi connectivity index (χ2n) is 5.60. The van der Waals surface area contributed by atoms with Crippen molar-refractivity contribution in [3.63, 3.8) is 0 Å². The summed E-state index contributed by atoms with van der Waals surface area (Å²) in [6.07, 6.45) is 2.81. The van der Waals surface area contributed by atoms with E-state index >= 15 is 0 Å². The van der Waals surface area contributed by atoms with E-state index in [4.69, 9.17) is 14.7 Å². The molecule has 3 aromatic rings. The zero-order valence-electron chi connectivity index (χ0n) is 15.3. The van der Waals surface area contributed by atoms with Crippen molar-refractivity contribution in [1.82, 2.24) is 9.97 Å². The number of carbonyl (C=O) groups is 1. The van der Waals surface area contributed by atoms with Crippen LogP contribution in [0.4, 0.5) is 17.3 Å². The molecule has 1 aromatic heterocycles. The third kappa shape index (κ3) is 4.16. The van der Waals surface area contributed by atoms with Crippen molar-refractivity contribution in [2.45, 2.75) is 0 Å². The van der Waals surface area contributed by atoms with Gasteiger partial charge in [-0.2, -0.15) is 5.26 Å². The predicted octanol–water partition coefficient (Wildman–Crippen LogP) is 3.36. The maximum atomic E-state index is 12.4. The van der Waals surface area contributed by atoms with E-state index in [1.807, 2.05) is 0 Å². The number of aromatic nitrogens is 2. The van der Waals surface area contributed by atoms with Gasteiger partial charge in [-0.05, 0) is 24.3 Å². The van der Waals surface area contributed by atoms with E-state index in [1.54, 1.807) is 42.5 Å². The van der Waals surface area contributed by atoms with Gasteiger partial charge in [0.15, 0.2) is 11.5 Å². The van der Waals surface area contributed by atoms with Crippen molar-refractivity contribution >= 4 is 23.2 Å². The Bertz CT molecular complexity index is 1030. The molecular formula is C20H17N5O3. The Morgan fingerprint density at radius 3 is 2.43 bits per heavy atom. The topological polar surface area (TPSA) is 109 Å². The van der Waals surface area contributed by atoms with Crippen LogP contribution in [0.3, 0.4) is 0 Å². The summed E-state index contributed by atoms with van der Waals surface area (Å²) in [5.41, 5.74) is 1.90. The maximum Gasteiger partial charge on any atom is 0.258 e. The number of methoxy groups -OCH3 is 2. The van der Waals surface area contributed by atoms with E-state index in [0.29, 0.717) is 28.4 Å². The highest BCUT2D eigenvalue weighted by Crippen LogP contribution is 2.29. The average molecular weight is 375 g/mol. The molecule has 0 unspecified atom stereocenters. The fourth-order valence-corrected chi connectivity index (χ4v) is 2.44. The second kappa shape index (κ2) is 8.51. The van der Waals surface area contributed by atoms with Crippen LogP contribution in [0.1, 0.15) is 15.9 Å². The number of ether oxygens (including phenoxy) is 2. The van der Waals surface area contributed by atoms with Gasteiger partial charge in [0.1, 0.15) is 6.07 Å². The van der Waals surface area contributed by atoms with E-state index in [9.17, 15) is 4.79 Å². The Morgan fingerprint density at radius 1 is 1.04 bits per heavy atom. The molecule has 0 fully saturated rings. The monoisotopic (exact) mass is 375 g/mol. The molecule has 0 atom stereocenters. The molecule has 140 valence electrons. The minimum atomic E-state index is -0.365. The Hall–Kier alpha value is -4.12. The number of benzene rings is 2. The molecule has 8 nitrogen and oxygen atoms in total. The molecule has 28 heavy (non-hydrogen) atoms. The molecule has 1 amide bonds. The lowest BCUT2D eigenvalue weighted by Crippen LogP contribution is -2.13. The molecule has 0 aliphatic carbocycles. The third-order valence-corrected chi connectivity index (χ3v) is 3.85. The number of amides is 1. The zero-order chi connectivity index (χ0) is 19.9. The molecule has 3 rings (SSSR count). The van der Waals surface area contributed by atoms with E-state index in [1.165, 1.54) is 26.6 Å². The SMILES string of the molecule is COc1ccc(NC(=O)c2cnc(Nc3ccccc3C#N)nc2)cc1OC. The Labute approximate surface area is 161 Å². The quantitative estimate of drug-likeness (QED) is 0.680. The van der Waals surface area contributed by atoms with E-state index in [-0.39, 0.29) is 17.4 Å². The highest BCUT2D eigenvalue weighted by atomic mass is 16.5. The van der Waals surface area contributed by atoms with Crippen LogP contribution in [0.5, 0.6) is 11.5 Å². The van der Waals surface area contributed by atoms with Gasteiger partial charge >= 0.3 is 0 Å². The summed E-state index contributed by atoms with van der Waals surface area (Å²) in [6, 6.07) is 14.2. The molecule has 0 saturated heterocycles. The molecule has 2 aromatic carbocycles. The van der Waals surface area contributed by atoms with Gasteiger partial charge in [-0.25, -0.2) is 9.97 Å². The summed E-state index contributed by atoms with van der Waals surface area (Å²) >= 11 is 0. The number of rotatable bonds is 6. The second-order valence-corrected chi connectivity index (χ2v) is 5.60.